The quantitative estimate of drug-likeness (QED) is 0.907. The molecular formula is C17H23N3. The fourth-order valence-corrected chi connectivity index (χ4v) is 2.44. The summed E-state index contributed by atoms with van der Waals surface area (Å²) < 4.78 is 0. The van der Waals surface area contributed by atoms with Crippen molar-refractivity contribution in [2.24, 2.45) is 5.73 Å². The van der Waals surface area contributed by atoms with Gasteiger partial charge in [-0.25, -0.2) is 4.98 Å². The molecule has 0 spiro atoms. The molecule has 0 aliphatic rings. The monoisotopic (exact) mass is 269 g/mol. The predicted octanol–water partition coefficient (Wildman–Crippen LogP) is 2.92. The summed E-state index contributed by atoms with van der Waals surface area (Å²) in [6.07, 6.45) is 2.81. The van der Waals surface area contributed by atoms with Crippen LogP contribution in [0.25, 0.3) is 0 Å². The van der Waals surface area contributed by atoms with Gasteiger partial charge in [0.25, 0.3) is 0 Å². The van der Waals surface area contributed by atoms with Crippen molar-refractivity contribution in [3.05, 3.63) is 59.3 Å². The van der Waals surface area contributed by atoms with Gasteiger partial charge < -0.3 is 10.6 Å². The molecule has 1 unspecified atom stereocenters. The molecule has 3 nitrogen and oxygen atoms in total. The van der Waals surface area contributed by atoms with E-state index in [0.29, 0.717) is 0 Å². The van der Waals surface area contributed by atoms with Gasteiger partial charge in [0, 0.05) is 25.8 Å². The molecule has 106 valence electrons. The number of aromatic nitrogens is 1. The van der Waals surface area contributed by atoms with Crippen molar-refractivity contribution in [1.82, 2.24) is 4.98 Å². The lowest BCUT2D eigenvalue weighted by molar-refractivity contribution is 0.734. The Bertz CT molecular complexity index is 549. The number of hydrogen-bond acceptors (Lipinski definition) is 3. The number of benzene rings is 1. The van der Waals surface area contributed by atoms with E-state index >= 15 is 0 Å². The number of nitrogens with two attached hydrogens (primary N) is 1. The maximum Gasteiger partial charge on any atom is 0.131 e. The van der Waals surface area contributed by atoms with Crippen LogP contribution in [0.1, 0.15) is 23.6 Å². The van der Waals surface area contributed by atoms with Gasteiger partial charge in [-0.15, -0.1) is 0 Å². The third kappa shape index (κ3) is 3.81. The number of rotatable bonds is 5. The Morgan fingerprint density at radius 1 is 1.20 bits per heavy atom. The van der Waals surface area contributed by atoms with Gasteiger partial charge in [-0.3, -0.25) is 0 Å². The van der Waals surface area contributed by atoms with E-state index < -0.39 is 0 Å². The molecule has 0 saturated heterocycles. The van der Waals surface area contributed by atoms with Crippen molar-refractivity contribution >= 4 is 5.82 Å². The van der Waals surface area contributed by atoms with Crippen molar-refractivity contribution < 1.29 is 0 Å². The minimum absolute atomic E-state index is 0.170. The van der Waals surface area contributed by atoms with Gasteiger partial charge in [0.1, 0.15) is 5.82 Å². The predicted molar refractivity (Wildman–Crippen MR) is 84.9 cm³/mol. The average molecular weight is 269 g/mol. The van der Waals surface area contributed by atoms with Crippen LogP contribution in [0, 0.1) is 6.92 Å². The van der Waals surface area contributed by atoms with Crippen LogP contribution < -0.4 is 10.6 Å². The van der Waals surface area contributed by atoms with E-state index in [2.05, 4.69) is 54.2 Å². The zero-order valence-corrected chi connectivity index (χ0v) is 12.5. The van der Waals surface area contributed by atoms with Crippen molar-refractivity contribution in [3.8, 4) is 0 Å². The Morgan fingerprint density at radius 3 is 2.50 bits per heavy atom. The summed E-state index contributed by atoms with van der Waals surface area (Å²) in [6.45, 7) is 4.99. The number of aryl methyl sites for hydroxylation is 1. The molecule has 3 heteroatoms. The fourth-order valence-electron chi connectivity index (χ4n) is 2.44. The van der Waals surface area contributed by atoms with Crippen LogP contribution in [0.15, 0.2) is 42.6 Å². The molecule has 0 bridgehead atoms. The summed E-state index contributed by atoms with van der Waals surface area (Å²) in [5.41, 5.74) is 9.52. The molecule has 0 radical (unpaired) electrons. The lowest BCUT2D eigenvalue weighted by atomic mass is 10.1. The normalized spacial score (nSPS) is 12.2. The first-order valence-electron chi connectivity index (χ1n) is 7.02. The Labute approximate surface area is 121 Å². The number of nitrogens with zero attached hydrogens (tertiary/aromatic N) is 2. The number of hydrogen-bond donors (Lipinski definition) is 1. The summed E-state index contributed by atoms with van der Waals surface area (Å²) in [5.74, 6) is 1.03. The largest absolute Gasteiger partial charge is 0.355 e. The molecule has 0 fully saturated rings. The second kappa shape index (κ2) is 6.53. The summed E-state index contributed by atoms with van der Waals surface area (Å²) >= 11 is 0. The minimum atomic E-state index is 0.170. The first kappa shape index (κ1) is 14.5. The second-order valence-corrected chi connectivity index (χ2v) is 5.51. The minimum Gasteiger partial charge on any atom is -0.355 e. The van der Waals surface area contributed by atoms with Crippen LogP contribution in [0.5, 0.6) is 0 Å². The topological polar surface area (TPSA) is 42.1 Å². The highest BCUT2D eigenvalue weighted by Crippen LogP contribution is 2.19. The van der Waals surface area contributed by atoms with E-state index in [1.54, 1.807) is 0 Å². The van der Waals surface area contributed by atoms with Gasteiger partial charge in [0.15, 0.2) is 0 Å². The van der Waals surface area contributed by atoms with Crippen LogP contribution in [-0.4, -0.2) is 18.1 Å². The van der Waals surface area contributed by atoms with Gasteiger partial charge >= 0.3 is 0 Å². The van der Waals surface area contributed by atoms with E-state index in [4.69, 9.17) is 5.73 Å². The maximum atomic E-state index is 5.84. The molecule has 0 amide bonds. The zero-order valence-electron chi connectivity index (χ0n) is 12.5. The molecular weight excluding hydrogens is 246 g/mol. The molecule has 0 saturated carbocycles. The molecule has 20 heavy (non-hydrogen) atoms. The lowest BCUT2D eigenvalue weighted by Gasteiger charge is -2.21. The van der Waals surface area contributed by atoms with Crippen molar-refractivity contribution in [2.45, 2.75) is 32.9 Å². The molecule has 2 N–H and O–H groups in total. The van der Waals surface area contributed by atoms with Crippen LogP contribution in [0.2, 0.25) is 0 Å². The van der Waals surface area contributed by atoms with Crippen LogP contribution in [0.3, 0.4) is 0 Å². The third-order valence-electron chi connectivity index (χ3n) is 3.29. The van der Waals surface area contributed by atoms with Gasteiger partial charge in [-0.2, -0.15) is 0 Å². The standard InChI is InChI=1S/C17H23N3/c1-13-9-16(10-14(2)18)11-19-17(13)20(3)12-15-7-5-4-6-8-15/h4-9,11,14H,10,12,18H2,1-3H3. The molecule has 0 aliphatic carbocycles. The van der Waals surface area contributed by atoms with Crippen LogP contribution in [-0.2, 0) is 13.0 Å². The van der Waals surface area contributed by atoms with E-state index in [1.807, 2.05) is 19.2 Å². The molecule has 1 aromatic carbocycles. The maximum absolute atomic E-state index is 5.84. The van der Waals surface area contributed by atoms with Crippen molar-refractivity contribution in [3.63, 3.8) is 0 Å². The summed E-state index contributed by atoms with van der Waals surface area (Å²) in [5, 5.41) is 0. The molecule has 0 aliphatic heterocycles. The SMILES string of the molecule is Cc1cc(CC(C)N)cnc1N(C)Cc1ccccc1. The van der Waals surface area contributed by atoms with Gasteiger partial charge in [0.2, 0.25) is 0 Å². The first-order valence-corrected chi connectivity index (χ1v) is 7.02. The number of pyridine rings is 1. The van der Waals surface area contributed by atoms with E-state index in [9.17, 15) is 0 Å². The zero-order chi connectivity index (χ0) is 14.5. The highest BCUT2D eigenvalue weighted by molar-refractivity contribution is 5.47. The van der Waals surface area contributed by atoms with E-state index in [1.165, 1.54) is 16.7 Å². The number of anilines is 1. The molecule has 2 aromatic rings. The Balaban J connectivity index is 2.12. The third-order valence-corrected chi connectivity index (χ3v) is 3.29. The highest BCUT2D eigenvalue weighted by atomic mass is 15.2. The average Bonchev–Trinajstić information content (AvgIpc) is 2.39. The Kier molecular flexibility index (Phi) is 4.74. The summed E-state index contributed by atoms with van der Waals surface area (Å²) in [4.78, 5) is 6.78. The van der Waals surface area contributed by atoms with Crippen LogP contribution in [0.4, 0.5) is 5.82 Å². The molecule has 1 aromatic heterocycles. The van der Waals surface area contributed by atoms with Gasteiger partial charge in [-0.1, -0.05) is 36.4 Å². The first-order chi connectivity index (χ1) is 9.56. The van der Waals surface area contributed by atoms with Gasteiger partial charge in [0.05, 0.1) is 0 Å². The smallest absolute Gasteiger partial charge is 0.131 e. The van der Waals surface area contributed by atoms with Crippen LogP contribution >= 0.6 is 0 Å². The Morgan fingerprint density at radius 2 is 1.90 bits per heavy atom. The molecule has 1 heterocycles. The van der Waals surface area contributed by atoms with Crippen molar-refractivity contribution in [2.75, 3.05) is 11.9 Å². The van der Waals surface area contributed by atoms with E-state index in [0.717, 1.165) is 18.8 Å². The Hall–Kier alpha value is -1.87. The van der Waals surface area contributed by atoms with E-state index in [-0.39, 0.29) is 6.04 Å². The summed E-state index contributed by atoms with van der Waals surface area (Å²) in [6, 6.07) is 12.8. The molecule has 2 rings (SSSR count). The highest BCUT2D eigenvalue weighted by Gasteiger charge is 2.08. The van der Waals surface area contributed by atoms with Crippen molar-refractivity contribution in [1.29, 1.82) is 0 Å². The van der Waals surface area contributed by atoms with Gasteiger partial charge in [-0.05, 0) is 37.0 Å². The molecule has 1 atom stereocenters. The summed E-state index contributed by atoms with van der Waals surface area (Å²) in [7, 11) is 2.08. The second-order valence-electron chi connectivity index (χ2n) is 5.51. The fraction of sp³-hybridized carbons (Fsp3) is 0.353. The lowest BCUT2D eigenvalue weighted by Crippen LogP contribution is -2.20.